The first-order chi connectivity index (χ1) is 5.77. The molecule has 2 nitrogen and oxygen atoms in total. The summed E-state index contributed by atoms with van der Waals surface area (Å²) in [5, 5.41) is 3.04. The standard InChI is InChI=1S/C9H13FN2/c1-12-9(6-11)7-2-4-8(10)5-3-7/h2-5,9,12H,6,11H2,1H3/t9-/m1/s1. The lowest BCUT2D eigenvalue weighted by Crippen LogP contribution is -2.24. The van der Waals surface area contributed by atoms with Crippen LogP contribution in [0.4, 0.5) is 4.39 Å². The Morgan fingerprint density at radius 1 is 1.42 bits per heavy atom. The van der Waals surface area contributed by atoms with E-state index in [4.69, 9.17) is 5.73 Å². The Kier molecular flexibility index (Phi) is 3.19. The van der Waals surface area contributed by atoms with Crippen molar-refractivity contribution in [1.82, 2.24) is 5.32 Å². The van der Waals surface area contributed by atoms with Gasteiger partial charge in [-0.3, -0.25) is 0 Å². The first kappa shape index (κ1) is 9.16. The molecule has 0 radical (unpaired) electrons. The molecule has 0 aromatic heterocycles. The summed E-state index contributed by atoms with van der Waals surface area (Å²) in [4.78, 5) is 0. The molecule has 0 aliphatic carbocycles. The molecule has 1 aromatic rings. The van der Waals surface area contributed by atoms with E-state index in [-0.39, 0.29) is 11.9 Å². The van der Waals surface area contributed by atoms with Crippen molar-refractivity contribution in [2.75, 3.05) is 13.6 Å². The molecule has 66 valence electrons. The van der Waals surface area contributed by atoms with Crippen molar-refractivity contribution in [3.05, 3.63) is 35.6 Å². The number of likely N-dealkylation sites (N-methyl/N-ethyl adjacent to an activating group) is 1. The Balaban J connectivity index is 2.80. The fourth-order valence-electron chi connectivity index (χ4n) is 1.12. The van der Waals surface area contributed by atoms with Gasteiger partial charge in [0.2, 0.25) is 0 Å². The van der Waals surface area contributed by atoms with Gasteiger partial charge in [0, 0.05) is 12.6 Å². The van der Waals surface area contributed by atoms with Gasteiger partial charge in [-0.15, -0.1) is 0 Å². The summed E-state index contributed by atoms with van der Waals surface area (Å²) in [5.74, 6) is -0.217. The molecule has 0 saturated heterocycles. The summed E-state index contributed by atoms with van der Waals surface area (Å²) < 4.78 is 12.5. The van der Waals surface area contributed by atoms with Crippen molar-refractivity contribution >= 4 is 0 Å². The average Bonchev–Trinajstić information content (AvgIpc) is 2.10. The van der Waals surface area contributed by atoms with Crippen molar-refractivity contribution in [2.45, 2.75) is 6.04 Å². The van der Waals surface area contributed by atoms with Gasteiger partial charge in [-0.25, -0.2) is 4.39 Å². The van der Waals surface area contributed by atoms with E-state index in [2.05, 4.69) is 5.32 Å². The minimum atomic E-state index is -0.217. The quantitative estimate of drug-likeness (QED) is 0.707. The first-order valence-electron chi connectivity index (χ1n) is 3.90. The molecule has 12 heavy (non-hydrogen) atoms. The lowest BCUT2D eigenvalue weighted by molar-refractivity contribution is 0.597. The van der Waals surface area contributed by atoms with Crippen LogP contribution >= 0.6 is 0 Å². The zero-order valence-electron chi connectivity index (χ0n) is 7.05. The van der Waals surface area contributed by atoms with Crippen LogP contribution in [-0.4, -0.2) is 13.6 Å². The molecule has 0 saturated carbocycles. The van der Waals surface area contributed by atoms with E-state index in [0.717, 1.165) is 5.56 Å². The maximum Gasteiger partial charge on any atom is 0.123 e. The Hall–Kier alpha value is -0.930. The molecule has 0 amide bonds. The summed E-state index contributed by atoms with van der Waals surface area (Å²) in [7, 11) is 1.83. The second kappa shape index (κ2) is 4.18. The smallest absolute Gasteiger partial charge is 0.123 e. The van der Waals surface area contributed by atoms with Crippen LogP contribution in [0.3, 0.4) is 0 Å². The van der Waals surface area contributed by atoms with Crippen LogP contribution in [0.1, 0.15) is 11.6 Å². The number of nitrogens with one attached hydrogen (secondary N) is 1. The van der Waals surface area contributed by atoms with E-state index in [1.54, 1.807) is 12.1 Å². The first-order valence-corrected chi connectivity index (χ1v) is 3.90. The van der Waals surface area contributed by atoms with E-state index >= 15 is 0 Å². The van der Waals surface area contributed by atoms with E-state index in [0.29, 0.717) is 6.54 Å². The fraction of sp³-hybridized carbons (Fsp3) is 0.333. The molecule has 0 heterocycles. The van der Waals surface area contributed by atoms with Crippen LogP contribution in [0.2, 0.25) is 0 Å². The third-order valence-corrected chi connectivity index (χ3v) is 1.86. The monoisotopic (exact) mass is 168 g/mol. The zero-order valence-corrected chi connectivity index (χ0v) is 7.05. The second-order valence-electron chi connectivity index (χ2n) is 2.63. The predicted molar refractivity (Wildman–Crippen MR) is 47.3 cm³/mol. The highest BCUT2D eigenvalue weighted by Crippen LogP contribution is 2.11. The SMILES string of the molecule is CN[C@H](CN)c1ccc(F)cc1. The molecule has 0 unspecified atom stereocenters. The molecule has 0 bridgehead atoms. The summed E-state index contributed by atoms with van der Waals surface area (Å²) in [5.41, 5.74) is 6.51. The van der Waals surface area contributed by atoms with Gasteiger partial charge in [-0.1, -0.05) is 12.1 Å². The van der Waals surface area contributed by atoms with Gasteiger partial charge in [0.25, 0.3) is 0 Å². The highest BCUT2D eigenvalue weighted by molar-refractivity contribution is 5.19. The van der Waals surface area contributed by atoms with E-state index < -0.39 is 0 Å². The Bertz CT molecular complexity index is 229. The Morgan fingerprint density at radius 2 is 2.00 bits per heavy atom. The molecule has 0 fully saturated rings. The van der Waals surface area contributed by atoms with Crippen LogP contribution in [0.5, 0.6) is 0 Å². The van der Waals surface area contributed by atoms with Crippen LogP contribution in [0, 0.1) is 5.82 Å². The highest BCUT2D eigenvalue weighted by atomic mass is 19.1. The maximum absolute atomic E-state index is 12.5. The summed E-state index contributed by atoms with van der Waals surface area (Å²) >= 11 is 0. The molecular formula is C9H13FN2. The van der Waals surface area contributed by atoms with Gasteiger partial charge >= 0.3 is 0 Å². The van der Waals surface area contributed by atoms with Crippen LogP contribution in [-0.2, 0) is 0 Å². The highest BCUT2D eigenvalue weighted by Gasteiger charge is 2.05. The third kappa shape index (κ3) is 2.03. The topological polar surface area (TPSA) is 38.0 Å². The largest absolute Gasteiger partial charge is 0.329 e. The molecule has 1 aromatic carbocycles. The van der Waals surface area contributed by atoms with Crippen molar-refractivity contribution in [2.24, 2.45) is 5.73 Å². The van der Waals surface area contributed by atoms with Gasteiger partial charge in [0.1, 0.15) is 5.82 Å². The lowest BCUT2D eigenvalue weighted by Gasteiger charge is -2.13. The van der Waals surface area contributed by atoms with E-state index in [9.17, 15) is 4.39 Å². The Morgan fingerprint density at radius 3 is 2.42 bits per heavy atom. The van der Waals surface area contributed by atoms with E-state index in [1.807, 2.05) is 7.05 Å². The van der Waals surface area contributed by atoms with Crippen LogP contribution in [0.15, 0.2) is 24.3 Å². The number of benzene rings is 1. The summed E-state index contributed by atoms with van der Waals surface area (Å²) in [6, 6.07) is 6.47. The van der Waals surface area contributed by atoms with Crippen LogP contribution < -0.4 is 11.1 Å². The van der Waals surface area contributed by atoms with Gasteiger partial charge < -0.3 is 11.1 Å². The molecule has 0 aliphatic heterocycles. The lowest BCUT2D eigenvalue weighted by atomic mass is 10.1. The molecule has 0 spiro atoms. The fourth-order valence-corrected chi connectivity index (χ4v) is 1.12. The minimum absolute atomic E-state index is 0.116. The van der Waals surface area contributed by atoms with Gasteiger partial charge in [-0.2, -0.15) is 0 Å². The minimum Gasteiger partial charge on any atom is -0.329 e. The maximum atomic E-state index is 12.5. The normalized spacial score (nSPS) is 12.9. The van der Waals surface area contributed by atoms with Crippen molar-refractivity contribution in [1.29, 1.82) is 0 Å². The molecule has 0 aliphatic rings. The van der Waals surface area contributed by atoms with Crippen molar-refractivity contribution < 1.29 is 4.39 Å². The van der Waals surface area contributed by atoms with Gasteiger partial charge in [0.05, 0.1) is 0 Å². The molecule has 3 N–H and O–H groups in total. The second-order valence-corrected chi connectivity index (χ2v) is 2.63. The number of hydrogen-bond donors (Lipinski definition) is 2. The average molecular weight is 168 g/mol. The number of halogens is 1. The predicted octanol–water partition coefficient (Wildman–Crippen LogP) is 1.04. The molecular weight excluding hydrogens is 155 g/mol. The number of hydrogen-bond acceptors (Lipinski definition) is 2. The number of nitrogens with two attached hydrogens (primary N) is 1. The van der Waals surface area contributed by atoms with Crippen molar-refractivity contribution in [3.63, 3.8) is 0 Å². The van der Waals surface area contributed by atoms with Crippen molar-refractivity contribution in [3.8, 4) is 0 Å². The van der Waals surface area contributed by atoms with Gasteiger partial charge in [0.15, 0.2) is 0 Å². The zero-order chi connectivity index (χ0) is 8.97. The number of rotatable bonds is 3. The molecule has 1 rings (SSSR count). The molecule has 1 atom stereocenters. The third-order valence-electron chi connectivity index (χ3n) is 1.86. The van der Waals surface area contributed by atoms with Gasteiger partial charge in [-0.05, 0) is 24.7 Å². The summed E-state index contributed by atoms with van der Waals surface area (Å²) in [6.07, 6.45) is 0. The van der Waals surface area contributed by atoms with E-state index in [1.165, 1.54) is 12.1 Å². The Labute approximate surface area is 71.6 Å². The molecule has 3 heteroatoms. The summed E-state index contributed by atoms with van der Waals surface area (Å²) in [6.45, 7) is 0.516. The van der Waals surface area contributed by atoms with Crippen LogP contribution in [0.25, 0.3) is 0 Å².